The predicted octanol–water partition coefficient (Wildman–Crippen LogP) is 1.01. The molecule has 0 aromatic rings. The Morgan fingerprint density at radius 1 is 1.30 bits per heavy atom. The van der Waals surface area contributed by atoms with Gasteiger partial charge in [-0.05, 0) is 6.42 Å². The molecule has 0 radical (unpaired) electrons. The Labute approximate surface area is 61.9 Å². The van der Waals surface area contributed by atoms with Crippen LogP contribution in [0.15, 0.2) is 0 Å². The summed E-state index contributed by atoms with van der Waals surface area (Å²) in [6, 6.07) is 0. The molecular weight excluding hydrogens is 130 g/mol. The van der Waals surface area contributed by atoms with E-state index in [1.54, 1.807) is 0 Å². The van der Waals surface area contributed by atoms with Gasteiger partial charge in [-0.2, -0.15) is 0 Å². The SMILES string of the molecule is CCCCN1COCOC1. The van der Waals surface area contributed by atoms with Gasteiger partial charge in [0.15, 0.2) is 0 Å². The van der Waals surface area contributed by atoms with Crippen molar-refractivity contribution in [3.63, 3.8) is 0 Å². The van der Waals surface area contributed by atoms with Crippen molar-refractivity contribution in [3.8, 4) is 0 Å². The van der Waals surface area contributed by atoms with Crippen LogP contribution < -0.4 is 0 Å². The number of unbranched alkanes of at least 4 members (excludes halogenated alkanes) is 1. The van der Waals surface area contributed by atoms with Crippen molar-refractivity contribution in [2.45, 2.75) is 19.8 Å². The van der Waals surface area contributed by atoms with Crippen molar-refractivity contribution in [1.82, 2.24) is 4.90 Å². The smallest absolute Gasteiger partial charge is 0.150 e. The number of hydrogen-bond acceptors (Lipinski definition) is 3. The van der Waals surface area contributed by atoms with E-state index in [2.05, 4.69) is 11.8 Å². The summed E-state index contributed by atoms with van der Waals surface area (Å²) < 4.78 is 10.2. The van der Waals surface area contributed by atoms with E-state index in [0.29, 0.717) is 6.79 Å². The molecule has 1 rings (SSSR count). The average molecular weight is 145 g/mol. The summed E-state index contributed by atoms with van der Waals surface area (Å²) >= 11 is 0. The molecule has 0 unspecified atom stereocenters. The summed E-state index contributed by atoms with van der Waals surface area (Å²) in [5, 5.41) is 0. The molecule has 1 aliphatic heterocycles. The third kappa shape index (κ3) is 2.64. The molecule has 0 spiro atoms. The van der Waals surface area contributed by atoms with Crippen LogP contribution in [0.3, 0.4) is 0 Å². The van der Waals surface area contributed by atoms with Crippen LogP contribution in [0.5, 0.6) is 0 Å². The van der Waals surface area contributed by atoms with E-state index >= 15 is 0 Å². The van der Waals surface area contributed by atoms with Gasteiger partial charge >= 0.3 is 0 Å². The molecule has 1 aliphatic rings. The molecule has 0 aliphatic carbocycles. The summed E-state index contributed by atoms with van der Waals surface area (Å²) in [7, 11) is 0. The maximum Gasteiger partial charge on any atom is 0.150 e. The van der Waals surface area contributed by atoms with E-state index in [1.165, 1.54) is 12.8 Å². The van der Waals surface area contributed by atoms with Crippen LogP contribution in [0.1, 0.15) is 19.8 Å². The van der Waals surface area contributed by atoms with Crippen molar-refractivity contribution in [3.05, 3.63) is 0 Å². The Morgan fingerprint density at radius 3 is 2.60 bits per heavy atom. The second-order valence-electron chi connectivity index (χ2n) is 2.53. The number of rotatable bonds is 3. The topological polar surface area (TPSA) is 21.7 Å². The number of nitrogens with zero attached hydrogens (tertiary/aromatic N) is 1. The van der Waals surface area contributed by atoms with Crippen molar-refractivity contribution in [1.29, 1.82) is 0 Å². The fourth-order valence-electron chi connectivity index (χ4n) is 0.940. The van der Waals surface area contributed by atoms with E-state index < -0.39 is 0 Å². The zero-order valence-electron chi connectivity index (χ0n) is 6.51. The van der Waals surface area contributed by atoms with Gasteiger partial charge < -0.3 is 9.47 Å². The van der Waals surface area contributed by atoms with Crippen molar-refractivity contribution in [2.75, 3.05) is 26.8 Å². The average Bonchev–Trinajstić information content (AvgIpc) is 2.03. The van der Waals surface area contributed by atoms with Crippen LogP contribution in [0.25, 0.3) is 0 Å². The third-order valence-electron chi connectivity index (χ3n) is 1.54. The highest BCUT2D eigenvalue weighted by Gasteiger charge is 2.08. The van der Waals surface area contributed by atoms with Crippen molar-refractivity contribution in [2.24, 2.45) is 0 Å². The molecule has 0 bridgehead atoms. The highest BCUT2D eigenvalue weighted by atomic mass is 16.7. The van der Waals surface area contributed by atoms with Crippen molar-refractivity contribution < 1.29 is 9.47 Å². The number of hydrogen-bond donors (Lipinski definition) is 0. The summed E-state index contributed by atoms with van der Waals surface area (Å²) in [6.07, 6.45) is 2.46. The van der Waals surface area contributed by atoms with E-state index in [1.807, 2.05) is 0 Å². The Bertz CT molecular complexity index is 81.7. The highest BCUT2D eigenvalue weighted by Crippen LogP contribution is 2.00. The molecule has 1 heterocycles. The molecular formula is C7H15NO2. The first-order valence-electron chi connectivity index (χ1n) is 3.81. The van der Waals surface area contributed by atoms with E-state index in [0.717, 1.165) is 20.0 Å². The zero-order valence-corrected chi connectivity index (χ0v) is 6.51. The lowest BCUT2D eigenvalue weighted by atomic mass is 10.3. The molecule has 1 saturated heterocycles. The largest absolute Gasteiger partial charge is 0.340 e. The number of ether oxygens (including phenoxy) is 2. The van der Waals surface area contributed by atoms with E-state index in [-0.39, 0.29) is 0 Å². The minimum absolute atomic E-state index is 0.461. The molecule has 0 atom stereocenters. The van der Waals surface area contributed by atoms with Gasteiger partial charge in [-0.15, -0.1) is 0 Å². The zero-order chi connectivity index (χ0) is 7.23. The fraction of sp³-hybridized carbons (Fsp3) is 1.00. The van der Waals surface area contributed by atoms with Gasteiger partial charge in [-0.1, -0.05) is 13.3 Å². The van der Waals surface area contributed by atoms with Crippen LogP contribution in [-0.2, 0) is 9.47 Å². The van der Waals surface area contributed by atoms with Gasteiger partial charge in [-0.3, -0.25) is 4.90 Å². The van der Waals surface area contributed by atoms with Gasteiger partial charge in [0.05, 0.1) is 0 Å². The lowest BCUT2D eigenvalue weighted by Crippen LogP contribution is -2.35. The third-order valence-corrected chi connectivity index (χ3v) is 1.54. The lowest BCUT2D eigenvalue weighted by molar-refractivity contribution is -0.182. The Kier molecular flexibility index (Phi) is 3.72. The van der Waals surface area contributed by atoms with Gasteiger partial charge in [-0.25, -0.2) is 0 Å². The fourth-order valence-corrected chi connectivity index (χ4v) is 0.940. The second kappa shape index (κ2) is 4.66. The molecule has 60 valence electrons. The quantitative estimate of drug-likeness (QED) is 0.591. The van der Waals surface area contributed by atoms with Crippen LogP contribution in [-0.4, -0.2) is 31.7 Å². The first-order chi connectivity index (χ1) is 4.93. The maximum absolute atomic E-state index is 5.08. The summed E-state index contributed by atoms with van der Waals surface area (Å²) in [4.78, 5) is 2.16. The predicted molar refractivity (Wildman–Crippen MR) is 38.4 cm³/mol. The maximum atomic E-state index is 5.08. The summed E-state index contributed by atoms with van der Waals surface area (Å²) in [5.41, 5.74) is 0. The van der Waals surface area contributed by atoms with Gasteiger partial charge in [0, 0.05) is 6.54 Å². The normalized spacial score (nSPS) is 21.3. The van der Waals surface area contributed by atoms with Crippen LogP contribution in [0, 0.1) is 0 Å². The summed E-state index contributed by atoms with van der Waals surface area (Å²) in [6.45, 7) is 5.21. The molecule has 0 aromatic heterocycles. The minimum atomic E-state index is 0.461. The van der Waals surface area contributed by atoms with E-state index in [4.69, 9.17) is 9.47 Å². The molecule has 0 saturated carbocycles. The van der Waals surface area contributed by atoms with Gasteiger partial charge in [0.1, 0.15) is 20.3 Å². The molecule has 0 N–H and O–H groups in total. The molecule has 0 aromatic carbocycles. The van der Waals surface area contributed by atoms with Gasteiger partial charge in [0.25, 0.3) is 0 Å². The molecule has 3 nitrogen and oxygen atoms in total. The second-order valence-corrected chi connectivity index (χ2v) is 2.53. The Balaban J connectivity index is 2.02. The van der Waals surface area contributed by atoms with Gasteiger partial charge in [0.2, 0.25) is 0 Å². The first kappa shape index (κ1) is 7.98. The molecule has 10 heavy (non-hydrogen) atoms. The Morgan fingerprint density at radius 2 is 2.00 bits per heavy atom. The monoisotopic (exact) mass is 145 g/mol. The molecule has 3 heteroatoms. The first-order valence-corrected chi connectivity index (χ1v) is 3.81. The van der Waals surface area contributed by atoms with E-state index in [9.17, 15) is 0 Å². The highest BCUT2D eigenvalue weighted by molar-refractivity contribution is 4.48. The van der Waals surface area contributed by atoms with Crippen LogP contribution in [0.2, 0.25) is 0 Å². The standard InChI is InChI=1S/C7H15NO2/c1-2-3-4-8-5-9-7-10-6-8/h2-7H2,1H3. The Hall–Kier alpha value is -0.120. The van der Waals surface area contributed by atoms with Crippen LogP contribution in [0.4, 0.5) is 0 Å². The lowest BCUT2D eigenvalue weighted by Gasteiger charge is -2.25. The van der Waals surface area contributed by atoms with Crippen molar-refractivity contribution >= 4 is 0 Å². The minimum Gasteiger partial charge on any atom is -0.340 e. The summed E-state index contributed by atoms with van der Waals surface area (Å²) in [5.74, 6) is 0. The molecule has 1 fully saturated rings. The molecule has 0 amide bonds. The van der Waals surface area contributed by atoms with Crippen LogP contribution >= 0.6 is 0 Å².